The summed E-state index contributed by atoms with van der Waals surface area (Å²) in [5, 5.41) is 37.1. The summed E-state index contributed by atoms with van der Waals surface area (Å²) >= 11 is 1.44. The molecule has 4 N–H and O–H groups in total. The van der Waals surface area contributed by atoms with Crippen molar-refractivity contribution in [3.63, 3.8) is 0 Å². The van der Waals surface area contributed by atoms with Crippen LogP contribution < -0.4 is 16.0 Å². The third-order valence-electron chi connectivity index (χ3n) is 6.70. The fraction of sp³-hybridized carbons (Fsp3) is 0.355. The molecule has 0 aliphatic carbocycles. The summed E-state index contributed by atoms with van der Waals surface area (Å²) in [4.78, 5) is 24.0. The molecule has 0 aliphatic heterocycles. The standard InChI is InChI=1S/C31H36FN7O4S/c1-21(24-10-3-2-4-11-24)29(41)35-30-39-38-28(44-30)13-6-5-12-25-14-15-26(37-36-25)34-27(40)19-22-8-7-9-23(18-22)20-33-31(42)43-17-16-32/h2-4,7-11,14-15,18,21,29,41H,5-6,12-13,16-17,19-20H2,1H3,(H,33,42)(H,35,39)(H,34,37,40). The predicted octanol–water partition coefficient (Wildman–Crippen LogP) is 4.80. The van der Waals surface area contributed by atoms with Gasteiger partial charge in [0.25, 0.3) is 0 Å². The second kappa shape index (κ2) is 17.0. The third-order valence-corrected chi connectivity index (χ3v) is 7.62. The lowest BCUT2D eigenvalue weighted by molar-refractivity contribution is -0.115. The third kappa shape index (κ3) is 10.7. The molecule has 0 aliphatic rings. The van der Waals surface area contributed by atoms with Gasteiger partial charge in [-0.05, 0) is 48.1 Å². The van der Waals surface area contributed by atoms with Gasteiger partial charge in [0.1, 0.15) is 24.5 Å². The van der Waals surface area contributed by atoms with Gasteiger partial charge in [-0.1, -0.05) is 72.9 Å². The molecule has 11 nitrogen and oxygen atoms in total. The highest BCUT2D eigenvalue weighted by Crippen LogP contribution is 2.23. The Morgan fingerprint density at radius 1 is 0.955 bits per heavy atom. The number of halogens is 1. The van der Waals surface area contributed by atoms with Gasteiger partial charge in [0.15, 0.2) is 5.82 Å². The van der Waals surface area contributed by atoms with Gasteiger partial charge < -0.3 is 25.8 Å². The number of aliphatic hydroxyl groups excluding tert-OH is 1. The van der Waals surface area contributed by atoms with Crippen LogP contribution in [-0.2, 0) is 35.3 Å². The van der Waals surface area contributed by atoms with E-state index in [4.69, 9.17) is 0 Å². The number of aromatic nitrogens is 4. The van der Waals surface area contributed by atoms with Crippen molar-refractivity contribution in [3.05, 3.63) is 94.1 Å². The van der Waals surface area contributed by atoms with Gasteiger partial charge >= 0.3 is 6.09 Å². The van der Waals surface area contributed by atoms with Crippen molar-refractivity contribution >= 4 is 34.3 Å². The van der Waals surface area contributed by atoms with Crippen LogP contribution in [0.3, 0.4) is 0 Å². The summed E-state index contributed by atoms with van der Waals surface area (Å²) < 4.78 is 16.7. The lowest BCUT2D eigenvalue weighted by Gasteiger charge is -2.19. The maximum atomic E-state index is 12.5. The maximum Gasteiger partial charge on any atom is 0.407 e. The first kappa shape index (κ1) is 32.4. The highest BCUT2D eigenvalue weighted by molar-refractivity contribution is 7.15. The molecule has 0 bridgehead atoms. The molecule has 2 unspecified atom stereocenters. The number of amides is 2. The molecule has 0 spiro atoms. The van der Waals surface area contributed by atoms with E-state index in [-0.39, 0.29) is 31.4 Å². The van der Waals surface area contributed by atoms with Gasteiger partial charge in [-0.15, -0.1) is 15.3 Å². The number of aryl methyl sites for hydroxylation is 2. The molecule has 0 fully saturated rings. The number of benzene rings is 2. The Bertz CT molecular complexity index is 1470. The molecule has 232 valence electrons. The summed E-state index contributed by atoms with van der Waals surface area (Å²) in [7, 11) is 0. The van der Waals surface area contributed by atoms with E-state index in [0.29, 0.717) is 10.9 Å². The number of ether oxygens (including phenoxy) is 1. The Balaban J connectivity index is 1.14. The number of hydrogen-bond acceptors (Lipinski definition) is 10. The number of carbonyl (C=O) groups is 2. The van der Waals surface area contributed by atoms with Crippen LogP contribution in [0.25, 0.3) is 0 Å². The summed E-state index contributed by atoms with van der Waals surface area (Å²) in [6, 6.07) is 20.6. The minimum absolute atomic E-state index is 0.0923. The lowest BCUT2D eigenvalue weighted by Crippen LogP contribution is -2.25. The van der Waals surface area contributed by atoms with Crippen molar-refractivity contribution in [3.8, 4) is 0 Å². The summed E-state index contributed by atoms with van der Waals surface area (Å²) in [5.74, 6) is 0.0302. The van der Waals surface area contributed by atoms with E-state index in [0.717, 1.165) is 53.1 Å². The van der Waals surface area contributed by atoms with Crippen LogP contribution in [0.5, 0.6) is 0 Å². The molecule has 13 heteroatoms. The molecular weight excluding hydrogens is 585 g/mol. The Hall–Kier alpha value is -4.49. The topological polar surface area (TPSA) is 151 Å². The van der Waals surface area contributed by atoms with Crippen LogP contribution in [0.2, 0.25) is 0 Å². The number of nitrogens with one attached hydrogen (secondary N) is 3. The first-order valence-electron chi connectivity index (χ1n) is 14.4. The summed E-state index contributed by atoms with van der Waals surface area (Å²) in [5.41, 5.74) is 3.42. The van der Waals surface area contributed by atoms with Crippen LogP contribution in [0, 0.1) is 0 Å². The summed E-state index contributed by atoms with van der Waals surface area (Å²) in [6.45, 7) is 1.13. The SMILES string of the molecule is CC(c1ccccc1)C(O)Nc1nnc(CCCCc2ccc(NC(=O)Cc3cccc(CNC(=O)OCCF)c3)nn2)s1. The van der Waals surface area contributed by atoms with Gasteiger partial charge in [0.05, 0.1) is 12.1 Å². The first-order valence-corrected chi connectivity index (χ1v) is 15.2. The van der Waals surface area contributed by atoms with Crippen LogP contribution >= 0.6 is 11.3 Å². The van der Waals surface area contributed by atoms with E-state index in [1.54, 1.807) is 18.2 Å². The number of nitrogens with zero attached hydrogens (tertiary/aromatic N) is 4. The minimum atomic E-state index is -0.766. The van der Waals surface area contributed by atoms with Crippen LogP contribution in [0.4, 0.5) is 20.1 Å². The average Bonchev–Trinajstić information content (AvgIpc) is 3.49. The number of hydrogen-bond donors (Lipinski definition) is 4. The molecule has 0 radical (unpaired) electrons. The first-order chi connectivity index (χ1) is 21.4. The zero-order chi connectivity index (χ0) is 31.1. The number of anilines is 2. The monoisotopic (exact) mass is 621 g/mol. The van der Waals surface area contributed by atoms with Crippen molar-refractivity contribution in [2.75, 3.05) is 23.9 Å². The highest BCUT2D eigenvalue weighted by Gasteiger charge is 2.17. The van der Waals surface area contributed by atoms with E-state index < -0.39 is 19.0 Å². The fourth-order valence-corrected chi connectivity index (χ4v) is 5.14. The number of aliphatic hydroxyl groups is 1. The number of unbranched alkanes of at least 4 members (excludes halogenated alkanes) is 1. The van der Waals surface area contributed by atoms with Crippen molar-refractivity contribution < 1.29 is 23.8 Å². The van der Waals surface area contributed by atoms with Crippen LogP contribution in [-0.4, -0.2) is 57.0 Å². The number of alkyl carbamates (subject to hydrolysis) is 1. The predicted molar refractivity (Wildman–Crippen MR) is 166 cm³/mol. The lowest BCUT2D eigenvalue weighted by atomic mass is 10.00. The van der Waals surface area contributed by atoms with E-state index in [2.05, 4.69) is 41.1 Å². The van der Waals surface area contributed by atoms with Crippen molar-refractivity contribution in [2.45, 2.75) is 57.7 Å². The number of carbonyl (C=O) groups excluding carboxylic acids is 2. The van der Waals surface area contributed by atoms with E-state index in [1.807, 2.05) is 55.5 Å². The quantitative estimate of drug-likeness (QED) is 0.102. The average molecular weight is 622 g/mol. The molecule has 0 saturated carbocycles. The molecule has 44 heavy (non-hydrogen) atoms. The molecule has 2 atom stereocenters. The minimum Gasteiger partial charge on any atom is -0.447 e. The molecular formula is C31H36FN7O4S. The van der Waals surface area contributed by atoms with Gasteiger partial charge in [0.2, 0.25) is 11.0 Å². The van der Waals surface area contributed by atoms with E-state index >= 15 is 0 Å². The molecule has 2 heterocycles. The van der Waals surface area contributed by atoms with E-state index in [9.17, 15) is 19.1 Å². The Morgan fingerprint density at radius 3 is 2.52 bits per heavy atom. The van der Waals surface area contributed by atoms with Crippen LogP contribution in [0.15, 0.2) is 66.7 Å². The Kier molecular flexibility index (Phi) is 12.5. The Labute approximate surface area is 259 Å². The Morgan fingerprint density at radius 2 is 1.75 bits per heavy atom. The van der Waals surface area contributed by atoms with Gasteiger partial charge in [-0.2, -0.15) is 5.10 Å². The molecule has 2 aromatic carbocycles. The number of rotatable bonds is 16. The van der Waals surface area contributed by atoms with Gasteiger partial charge in [0, 0.05) is 18.9 Å². The largest absolute Gasteiger partial charge is 0.447 e. The molecule has 4 rings (SSSR count). The maximum absolute atomic E-state index is 12.5. The van der Waals surface area contributed by atoms with Gasteiger partial charge in [-0.3, -0.25) is 4.79 Å². The van der Waals surface area contributed by atoms with E-state index in [1.165, 1.54) is 11.3 Å². The zero-order valence-corrected chi connectivity index (χ0v) is 25.2. The second-order valence-corrected chi connectivity index (χ2v) is 11.2. The zero-order valence-electron chi connectivity index (χ0n) is 24.4. The second-order valence-electron chi connectivity index (χ2n) is 10.1. The van der Waals surface area contributed by atoms with Crippen molar-refractivity contribution in [1.29, 1.82) is 0 Å². The summed E-state index contributed by atoms with van der Waals surface area (Å²) in [6.07, 6.45) is 1.94. The number of alkyl halides is 1. The molecule has 2 aromatic heterocycles. The van der Waals surface area contributed by atoms with Gasteiger partial charge in [-0.25, -0.2) is 9.18 Å². The molecule has 2 amide bonds. The fourth-order valence-electron chi connectivity index (χ4n) is 4.32. The smallest absolute Gasteiger partial charge is 0.407 e. The normalized spacial score (nSPS) is 12.2. The highest BCUT2D eigenvalue weighted by atomic mass is 32.1. The van der Waals surface area contributed by atoms with Crippen molar-refractivity contribution in [2.24, 2.45) is 0 Å². The van der Waals surface area contributed by atoms with Crippen LogP contribution in [0.1, 0.15) is 53.1 Å². The molecule has 4 aromatic rings. The molecule has 0 saturated heterocycles. The van der Waals surface area contributed by atoms with Crippen molar-refractivity contribution in [1.82, 2.24) is 25.7 Å².